The van der Waals surface area contributed by atoms with Crippen molar-refractivity contribution in [1.29, 1.82) is 0 Å². The standard InChI is InChI=1S/C18H21N3O3.HI/c1-12-3-4-14(9-13(12)2)21-18(19)20-7-8-22-15-5-6-16-17(10-15)24-11-23-16;/h3-6,9-10H,7-8,11H2,1-2H3,(H3,19,20,21);1H. The third-order valence-electron chi connectivity index (χ3n) is 3.77. The van der Waals surface area contributed by atoms with Crippen molar-refractivity contribution in [3.8, 4) is 17.2 Å². The lowest BCUT2D eigenvalue weighted by Crippen LogP contribution is -2.23. The second-order valence-electron chi connectivity index (χ2n) is 5.55. The lowest BCUT2D eigenvalue weighted by molar-refractivity contribution is 0.174. The number of benzene rings is 2. The van der Waals surface area contributed by atoms with Gasteiger partial charge in [-0.2, -0.15) is 0 Å². The smallest absolute Gasteiger partial charge is 0.231 e. The second kappa shape index (κ2) is 8.80. The summed E-state index contributed by atoms with van der Waals surface area (Å²) in [5.41, 5.74) is 9.27. The molecule has 3 N–H and O–H groups in total. The summed E-state index contributed by atoms with van der Waals surface area (Å²) in [5, 5.41) is 3.08. The van der Waals surface area contributed by atoms with E-state index in [1.54, 1.807) is 0 Å². The van der Waals surface area contributed by atoms with Gasteiger partial charge in [-0.1, -0.05) is 6.07 Å². The summed E-state index contributed by atoms with van der Waals surface area (Å²) in [6, 6.07) is 11.6. The zero-order valence-electron chi connectivity index (χ0n) is 14.2. The van der Waals surface area contributed by atoms with Crippen LogP contribution < -0.4 is 25.3 Å². The van der Waals surface area contributed by atoms with Gasteiger partial charge < -0.3 is 25.3 Å². The number of halogens is 1. The highest BCUT2D eigenvalue weighted by atomic mass is 127. The van der Waals surface area contributed by atoms with Crippen LogP contribution in [0, 0.1) is 13.8 Å². The maximum absolute atomic E-state index is 5.89. The Morgan fingerprint density at radius 3 is 2.72 bits per heavy atom. The molecule has 0 fully saturated rings. The minimum absolute atomic E-state index is 0. The van der Waals surface area contributed by atoms with Crippen LogP contribution in [0.3, 0.4) is 0 Å². The number of hydrogen-bond acceptors (Lipinski definition) is 4. The van der Waals surface area contributed by atoms with Crippen LogP contribution in [-0.4, -0.2) is 25.9 Å². The number of fused-ring (bicyclic) bond motifs is 1. The maximum atomic E-state index is 5.89. The van der Waals surface area contributed by atoms with Crippen LogP contribution in [0.25, 0.3) is 0 Å². The van der Waals surface area contributed by atoms with Gasteiger partial charge in [0.15, 0.2) is 17.5 Å². The Kier molecular flexibility index (Phi) is 6.74. The van der Waals surface area contributed by atoms with E-state index in [-0.39, 0.29) is 30.8 Å². The van der Waals surface area contributed by atoms with E-state index in [1.165, 1.54) is 11.1 Å². The minimum atomic E-state index is 0. The Morgan fingerprint density at radius 1 is 1.12 bits per heavy atom. The Hall–Kier alpha value is -2.16. The third kappa shape index (κ3) is 5.15. The Morgan fingerprint density at radius 2 is 1.92 bits per heavy atom. The van der Waals surface area contributed by atoms with Gasteiger partial charge in [-0.25, -0.2) is 4.99 Å². The molecule has 0 unspecified atom stereocenters. The molecule has 0 radical (unpaired) electrons. The monoisotopic (exact) mass is 455 g/mol. The van der Waals surface area contributed by atoms with Gasteiger partial charge in [0, 0.05) is 11.8 Å². The van der Waals surface area contributed by atoms with Crippen LogP contribution in [0.5, 0.6) is 17.2 Å². The van der Waals surface area contributed by atoms with Crippen molar-refractivity contribution in [2.75, 3.05) is 25.3 Å². The Bertz CT molecular complexity index is 765. The quantitative estimate of drug-likeness (QED) is 0.313. The number of guanidine groups is 1. The average molecular weight is 455 g/mol. The van der Waals surface area contributed by atoms with Crippen LogP contribution in [0.1, 0.15) is 11.1 Å². The number of nitrogens with zero attached hydrogens (tertiary/aromatic N) is 1. The van der Waals surface area contributed by atoms with E-state index in [0.717, 1.165) is 17.2 Å². The summed E-state index contributed by atoms with van der Waals surface area (Å²) in [5.74, 6) is 2.52. The molecule has 134 valence electrons. The minimum Gasteiger partial charge on any atom is -0.492 e. The molecule has 0 atom stereocenters. The van der Waals surface area contributed by atoms with Gasteiger partial charge in [0.2, 0.25) is 6.79 Å². The summed E-state index contributed by atoms with van der Waals surface area (Å²) in [6.07, 6.45) is 0. The lowest BCUT2D eigenvalue weighted by atomic mass is 10.1. The molecule has 0 spiro atoms. The van der Waals surface area contributed by atoms with E-state index in [1.807, 2.05) is 36.4 Å². The molecule has 6 nitrogen and oxygen atoms in total. The van der Waals surface area contributed by atoms with Gasteiger partial charge in [-0.3, -0.25) is 0 Å². The van der Waals surface area contributed by atoms with Crippen LogP contribution in [0.15, 0.2) is 41.4 Å². The summed E-state index contributed by atoms with van der Waals surface area (Å²) in [6.45, 7) is 5.27. The van der Waals surface area contributed by atoms with Crippen LogP contribution in [0.4, 0.5) is 5.69 Å². The molecule has 0 saturated carbocycles. The number of nitrogens with two attached hydrogens (primary N) is 1. The molecule has 0 bridgehead atoms. The van der Waals surface area contributed by atoms with Crippen molar-refractivity contribution < 1.29 is 14.2 Å². The number of rotatable bonds is 5. The SMILES string of the molecule is Cc1ccc(NC(N)=NCCOc2ccc3c(c2)OCO3)cc1C.I. The molecule has 25 heavy (non-hydrogen) atoms. The van der Waals surface area contributed by atoms with E-state index in [4.69, 9.17) is 19.9 Å². The normalized spacial score (nSPS) is 12.5. The van der Waals surface area contributed by atoms with Gasteiger partial charge in [0.25, 0.3) is 0 Å². The fraction of sp³-hybridized carbons (Fsp3) is 0.278. The molecule has 0 amide bonds. The van der Waals surface area contributed by atoms with Crippen molar-refractivity contribution in [2.45, 2.75) is 13.8 Å². The average Bonchev–Trinajstić information content (AvgIpc) is 3.03. The Balaban J connectivity index is 0.00000225. The zero-order valence-corrected chi connectivity index (χ0v) is 16.6. The maximum Gasteiger partial charge on any atom is 0.231 e. The van der Waals surface area contributed by atoms with Crippen molar-refractivity contribution in [2.24, 2.45) is 10.7 Å². The molecule has 3 rings (SSSR count). The summed E-state index contributed by atoms with van der Waals surface area (Å²) >= 11 is 0. The first-order valence-electron chi connectivity index (χ1n) is 7.78. The number of nitrogens with one attached hydrogen (secondary N) is 1. The van der Waals surface area contributed by atoms with Gasteiger partial charge >= 0.3 is 0 Å². The highest BCUT2D eigenvalue weighted by molar-refractivity contribution is 14.0. The number of aryl methyl sites for hydroxylation is 2. The molecule has 1 heterocycles. The van der Waals surface area contributed by atoms with Crippen LogP contribution in [0.2, 0.25) is 0 Å². The fourth-order valence-corrected chi connectivity index (χ4v) is 2.30. The topological polar surface area (TPSA) is 78.1 Å². The molecule has 2 aromatic carbocycles. The van der Waals surface area contributed by atoms with E-state index in [9.17, 15) is 0 Å². The molecule has 7 heteroatoms. The molecule has 0 aliphatic carbocycles. The number of ether oxygens (including phenoxy) is 3. The summed E-state index contributed by atoms with van der Waals surface area (Å²) < 4.78 is 16.2. The number of aliphatic imine (C=N–C) groups is 1. The molecule has 0 saturated heterocycles. The molecular weight excluding hydrogens is 433 g/mol. The van der Waals surface area contributed by atoms with Crippen molar-refractivity contribution >= 4 is 35.6 Å². The van der Waals surface area contributed by atoms with Crippen LogP contribution in [-0.2, 0) is 0 Å². The third-order valence-corrected chi connectivity index (χ3v) is 3.77. The van der Waals surface area contributed by atoms with E-state index >= 15 is 0 Å². The largest absolute Gasteiger partial charge is 0.492 e. The summed E-state index contributed by atoms with van der Waals surface area (Å²) in [4.78, 5) is 4.26. The van der Waals surface area contributed by atoms with E-state index in [0.29, 0.717) is 24.9 Å². The number of hydrogen-bond donors (Lipinski definition) is 2. The fourth-order valence-electron chi connectivity index (χ4n) is 2.30. The highest BCUT2D eigenvalue weighted by Crippen LogP contribution is 2.34. The van der Waals surface area contributed by atoms with Crippen LogP contribution >= 0.6 is 24.0 Å². The molecule has 1 aliphatic rings. The van der Waals surface area contributed by atoms with Gasteiger partial charge in [0.05, 0.1) is 6.54 Å². The first-order valence-corrected chi connectivity index (χ1v) is 7.78. The lowest BCUT2D eigenvalue weighted by Gasteiger charge is -2.09. The van der Waals surface area contributed by atoms with Gasteiger partial charge in [0.1, 0.15) is 12.4 Å². The van der Waals surface area contributed by atoms with E-state index in [2.05, 4.69) is 24.2 Å². The van der Waals surface area contributed by atoms with Gasteiger partial charge in [-0.15, -0.1) is 24.0 Å². The molecule has 1 aliphatic heterocycles. The van der Waals surface area contributed by atoms with Crippen molar-refractivity contribution in [3.05, 3.63) is 47.5 Å². The predicted molar refractivity (Wildman–Crippen MR) is 110 cm³/mol. The first kappa shape index (κ1) is 19.2. The van der Waals surface area contributed by atoms with Gasteiger partial charge in [-0.05, 0) is 49.2 Å². The molecule has 0 aromatic heterocycles. The molecular formula is C18H22IN3O3. The predicted octanol–water partition coefficient (Wildman–Crippen LogP) is 3.46. The van der Waals surface area contributed by atoms with Crippen molar-refractivity contribution in [1.82, 2.24) is 0 Å². The highest BCUT2D eigenvalue weighted by Gasteiger charge is 2.13. The zero-order chi connectivity index (χ0) is 16.9. The first-order chi connectivity index (χ1) is 11.6. The number of anilines is 1. The molecule has 2 aromatic rings. The summed E-state index contributed by atoms with van der Waals surface area (Å²) in [7, 11) is 0. The Labute approximate surface area is 164 Å². The van der Waals surface area contributed by atoms with E-state index < -0.39 is 0 Å². The second-order valence-corrected chi connectivity index (χ2v) is 5.55. The van der Waals surface area contributed by atoms with Crippen molar-refractivity contribution in [3.63, 3.8) is 0 Å².